The van der Waals surface area contributed by atoms with Gasteiger partial charge in [-0.3, -0.25) is 0 Å². The van der Waals surface area contributed by atoms with Gasteiger partial charge in [0, 0.05) is 0 Å². The maximum absolute atomic E-state index is 13.7. The minimum absolute atomic E-state index is 0.0925. The fraction of sp³-hybridized carbons (Fsp3) is 0.188. The summed E-state index contributed by atoms with van der Waals surface area (Å²) in [5, 5.41) is 0. The largest absolute Gasteiger partial charge is 0.491 e. The molecule has 2 aromatic carbocycles. The van der Waals surface area contributed by atoms with Gasteiger partial charge in [-0.1, -0.05) is 6.07 Å². The highest BCUT2D eigenvalue weighted by Gasteiger charge is 2.06. The second-order valence-corrected chi connectivity index (χ2v) is 4.47. The predicted molar refractivity (Wildman–Crippen MR) is 74.9 cm³/mol. The first-order chi connectivity index (χ1) is 9.58. The van der Waals surface area contributed by atoms with Crippen LogP contribution in [0.4, 0.5) is 10.1 Å². The van der Waals surface area contributed by atoms with Crippen molar-refractivity contribution in [2.75, 3.05) is 0 Å². The zero-order chi connectivity index (χ0) is 14.5. The third kappa shape index (κ3) is 3.48. The molecule has 0 aliphatic heterocycles. The highest BCUT2D eigenvalue weighted by molar-refractivity contribution is 5.49. The topological polar surface area (TPSA) is 22.8 Å². The molecular formula is C16H14FNO2. The van der Waals surface area contributed by atoms with Crippen molar-refractivity contribution in [1.82, 2.24) is 0 Å². The van der Waals surface area contributed by atoms with Crippen LogP contribution in [0.2, 0.25) is 0 Å². The van der Waals surface area contributed by atoms with E-state index in [1.54, 1.807) is 24.3 Å². The van der Waals surface area contributed by atoms with Gasteiger partial charge in [-0.15, -0.1) is 0 Å². The lowest BCUT2D eigenvalue weighted by molar-refractivity contribution is 0.242. The molecule has 0 aromatic heterocycles. The predicted octanol–water partition coefficient (Wildman–Crippen LogP) is 4.96. The van der Waals surface area contributed by atoms with E-state index in [1.165, 1.54) is 12.1 Å². The molecule has 20 heavy (non-hydrogen) atoms. The quantitative estimate of drug-likeness (QED) is 0.734. The molecule has 2 rings (SSSR count). The van der Waals surface area contributed by atoms with Crippen molar-refractivity contribution in [3.63, 3.8) is 0 Å². The number of rotatable bonds is 4. The Hall–Kier alpha value is -2.54. The van der Waals surface area contributed by atoms with E-state index in [2.05, 4.69) is 4.85 Å². The molecule has 0 spiro atoms. The Balaban J connectivity index is 2.12. The normalized spacial score (nSPS) is 10.2. The number of hydrogen-bond acceptors (Lipinski definition) is 2. The monoisotopic (exact) mass is 271 g/mol. The molecule has 3 nitrogen and oxygen atoms in total. The smallest absolute Gasteiger partial charge is 0.190 e. The molecule has 4 heteroatoms. The summed E-state index contributed by atoms with van der Waals surface area (Å²) < 4.78 is 24.6. The summed E-state index contributed by atoms with van der Waals surface area (Å²) in [6.45, 7) is 10.7. The summed E-state index contributed by atoms with van der Waals surface area (Å²) in [4.78, 5) is 3.16. The minimum Gasteiger partial charge on any atom is -0.491 e. The first kappa shape index (κ1) is 13.9. The van der Waals surface area contributed by atoms with Crippen LogP contribution < -0.4 is 9.47 Å². The molecule has 0 radical (unpaired) electrons. The molecule has 0 bridgehead atoms. The van der Waals surface area contributed by atoms with E-state index in [1.807, 2.05) is 13.8 Å². The summed E-state index contributed by atoms with van der Waals surface area (Å²) in [6.07, 6.45) is 0.0976. The molecule has 0 unspecified atom stereocenters. The van der Waals surface area contributed by atoms with Crippen LogP contribution in [0.25, 0.3) is 4.85 Å². The Bertz CT molecular complexity index is 630. The van der Waals surface area contributed by atoms with E-state index in [4.69, 9.17) is 16.0 Å². The lowest BCUT2D eigenvalue weighted by Gasteiger charge is -2.11. The summed E-state index contributed by atoms with van der Waals surface area (Å²) in [5.41, 5.74) is 0.246. The van der Waals surface area contributed by atoms with Gasteiger partial charge in [-0.05, 0) is 50.2 Å². The van der Waals surface area contributed by atoms with Gasteiger partial charge in [0.2, 0.25) is 0 Å². The molecule has 0 atom stereocenters. The van der Waals surface area contributed by atoms with Gasteiger partial charge in [0.05, 0.1) is 12.7 Å². The Kier molecular flexibility index (Phi) is 4.21. The standard InChI is InChI=1S/C16H14FNO2/c1-11(2)19-13-5-7-14(8-6-13)20-16-9-4-12(18-3)10-15(16)17/h4-11H,1-2H3. The van der Waals surface area contributed by atoms with Gasteiger partial charge in [-0.2, -0.15) is 0 Å². The zero-order valence-corrected chi connectivity index (χ0v) is 11.3. The van der Waals surface area contributed by atoms with E-state index in [-0.39, 0.29) is 17.5 Å². The van der Waals surface area contributed by atoms with Crippen LogP contribution in [0.5, 0.6) is 17.2 Å². The van der Waals surface area contributed by atoms with Crippen LogP contribution in [0.1, 0.15) is 13.8 Å². The Morgan fingerprint density at radius 3 is 2.25 bits per heavy atom. The molecule has 0 amide bonds. The van der Waals surface area contributed by atoms with Gasteiger partial charge in [0.15, 0.2) is 17.3 Å². The van der Waals surface area contributed by atoms with E-state index in [0.717, 1.165) is 11.8 Å². The molecule has 2 aromatic rings. The fourth-order valence-corrected chi connectivity index (χ4v) is 1.63. The lowest BCUT2D eigenvalue weighted by atomic mass is 10.3. The molecule has 0 aliphatic carbocycles. The van der Waals surface area contributed by atoms with Gasteiger partial charge < -0.3 is 9.47 Å². The Morgan fingerprint density at radius 1 is 1.05 bits per heavy atom. The molecule has 0 aliphatic rings. The SMILES string of the molecule is [C-]#[N+]c1ccc(Oc2ccc(OC(C)C)cc2)c(F)c1. The number of hydrogen-bond donors (Lipinski definition) is 0. The van der Waals surface area contributed by atoms with Gasteiger partial charge in [-0.25, -0.2) is 9.24 Å². The average molecular weight is 271 g/mol. The molecule has 102 valence electrons. The van der Waals surface area contributed by atoms with Crippen molar-refractivity contribution in [2.45, 2.75) is 20.0 Å². The number of halogens is 1. The Morgan fingerprint density at radius 2 is 1.70 bits per heavy atom. The van der Waals surface area contributed by atoms with Crippen molar-refractivity contribution >= 4 is 5.69 Å². The lowest BCUT2D eigenvalue weighted by Crippen LogP contribution is -2.05. The van der Waals surface area contributed by atoms with Crippen molar-refractivity contribution in [3.05, 3.63) is 59.7 Å². The van der Waals surface area contributed by atoms with Crippen LogP contribution in [0.15, 0.2) is 42.5 Å². The third-order valence-corrected chi connectivity index (χ3v) is 2.47. The van der Waals surface area contributed by atoms with Crippen LogP contribution in [0.3, 0.4) is 0 Å². The molecule has 0 heterocycles. The summed E-state index contributed by atoms with van der Waals surface area (Å²) in [7, 11) is 0. The van der Waals surface area contributed by atoms with Crippen LogP contribution >= 0.6 is 0 Å². The van der Waals surface area contributed by atoms with Gasteiger partial charge in [0.1, 0.15) is 11.5 Å². The zero-order valence-electron chi connectivity index (χ0n) is 11.3. The molecule has 0 saturated carbocycles. The average Bonchev–Trinajstić information content (AvgIpc) is 2.42. The number of benzene rings is 2. The fourth-order valence-electron chi connectivity index (χ4n) is 1.63. The second kappa shape index (κ2) is 6.07. The van der Waals surface area contributed by atoms with Crippen molar-refractivity contribution in [1.29, 1.82) is 0 Å². The molecule has 0 saturated heterocycles. The van der Waals surface area contributed by atoms with E-state index in [9.17, 15) is 4.39 Å². The van der Waals surface area contributed by atoms with E-state index in [0.29, 0.717) is 5.75 Å². The van der Waals surface area contributed by atoms with Crippen LogP contribution in [-0.2, 0) is 0 Å². The van der Waals surface area contributed by atoms with Crippen molar-refractivity contribution in [2.24, 2.45) is 0 Å². The molecule has 0 N–H and O–H groups in total. The summed E-state index contributed by atoms with van der Waals surface area (Å²) in [5.74, 6) is 0.780. The third-order valence-electron chi connectivity index (χ3n) is 2.47. The second-order valence-electron chi connectivity index (χ2n) is 4.47. The van der Waals surface area contributed by atoms with E-state index < -0.39 is 5.82 Å². The first-order valence-electron chi connectivity index (χ1n) is 6.20. The maximum atomic E-state index is 13.7. The van der Waals surface area contributed by atoms with Crippen LogP contribution in [0, 0.1) is 12.4 Å². The highest BCUT2D eigenvalue weighted by atomic mass is 19.1. The Labute approximate surface area is 117 Å². The van der Waals surface area contributed by atoms with E-state index >= 15 is 0 Å². The maximum Gasteiger partial charge on any atom is 0.190 e. The summed E-state index contributed by atoms with van der Waals surface area (Å²) >= 11 is 0. The van der Waals surface area contributed by atoms with Crippen molar-refractivity contribution in [3.8, 4) is 17.2 Å². The molecular weight excluding hydrogens is 257 g/mol. The van der Waals surface area contributed by atoms with Crippen LogP contribution in [-0.4, -0.2) is 6.10 Å². The van der Waals surface area contributed by atoms with Gasteiger partial charge in [0.25, 0.3) is 0 Å². The van der Waals surface area contributed by atoms with Gasteiger partial charge >= 0.3 is 0 Å². The van der Waals surface area contributed by atoms with Crippen molar-refractivity contribution < 1.29 is 13.9 Å². The number of nitrogens with zero attached hydrogens (tertiary/aromatic N) is 1. The summed E-state index contributed by atoms with van der Waals surface area (Å²) in [6, 6.07) is 11.1. The minimum atomic E-state index is -0.555. The highest BCUT2D eigenvalue weighted by Crippen LogP contribution is 2.28. The first-order valence-corrected chi connectivity index (χ1v) is 6.20. The molecule has 0 fully saturated rings. The number of ether oxygens (including phenoxy) is 2.